The summed E-state index contributed by atoms with van der Waals surface area (Å²) in [5.74, 6) is 1.80. The van der Waals surface area contributed by atoms with Gasteiger partial charge in [-0.15, -0.1) is 0 Å². The number of amides is 1. The van der Waals surface area contributed by atoms with E-state index < -0.39 is 0 Å². The van der Waals surface area contributed by atoms with E-state index in [1.165, 1.54) is 19.3 Å². The largest absolute Gasteiger partial charge is 0.469 e. The van der Waals surface area contributed by atoms with Gasteiger partial charge in [-0.1, -0.05) is 6.42 Å². The Kier molecular flexibility index (Phi) is 3.35. The summed E-state index contributed by atoms with van der Waals surface area (Å²) in [6.45, 7) is 1.83. The molecule has 2 fully saturated rings. The summed E-state index contributed by atoms with van der Waals surface area (Å²) in [5, 5.41) is 3.23. The summed E-state index contributed by atoms with van der Waals surface area (Å²) in [7, 11) is 0. The van der Waals surface area contributed by atoms with Crippen LogP contribution in [0.1, 0.15) is 48.2 Å². The molecule has 0 radical (unpaired) electrons. The molecule has 2 atom stereocenters. The van der Waals surface area contributed by atoms with E-state index >= 15 is 0 Å². The molecule has 2 bridgehead atoms. The highest BCUT2D eigenvalue weighted by atomic mass is 16.3. The average molecular weight is 262 g/mol. The second kappa shape index (κ2) is 5.00. The van der Waals surface area contributed by atoms with Crippen LogP contribution in [0.25, 0.3) is 0 Å². The molecule has 104 valence electrons. The zero-order valence-corrected chi connectivity index (χ0v) is 11.4. The van der Waals surface area contributed by atoms with E-state index in [1.54, 1.807) is 12.3 Å². The van der Waals surface area contributed by atoms with Crippen molar-refractivity contribution >= 4 is 5.91 Å². The molecule has 0 aromatic carbocycles. The minimum atomic E-state index is 0.00335. The van der Waals surface area contributed by atoms with E-state index in [0.717, 1.165) is 12.8 Å². The quantitative estimate of drug-likeness (QED) is 0.858. The van der Waals surface area contributed by atoms with Crippen LogP contribution in [0.2, 0.25) is 0 Å². The van der Waals surface area contributed by atoms with Gasteiger partial charge in [0.2, 0.25) is 0 Å². The lowest BCUT2D eigenvalue weighted by molar-refractivity contribution is 0.0754. The molecule has 4 nitrogen and oxygen atoms in total. The Morgan fingerprint density at radius 1 is 1.37 bits per heavy atom. The first-order valence-corrected chi connectivity index (χ1v) is 7.25. The lowest BCUT2D eigenvalue weighted by atomic mass is 9.67. The van der Waals surface area contributed by atoms with Gasteiger partial charge in [-0.05, 0) is 50.5 Å². The maximum absolute atomic E-state index is 12.3. The Labute approximate surface area is 113 Å². The molecule has 0 saturated heterocycles. The monoisotopic (exact) mass is 262 g/mol. The molecule has 4 heteroatoms. The molecule has 0 aliphatic heterocycles. The van der Waals surface area contributed by atoms with Crippen molar-refractivity contribution in [1.29, 1.82) is 0 Å². The van der Waals surface area contributed by atoms with Crippen LogP contribution in [-0.4, -0.2) is 18.0 Å². The molecule has 2 aliphatic carbocycles. The van der Waals surface area contributed by atoms with Crippen molar-refractivity contribution in [2.45, 2.75) is 51.1 Å². The number of fused-ring (bicyclic) bond motifs is 2. The molecule has 1 aromatic rings. The van der Waals surface area contributed by atoms with E-state index in [0.29, 0.717) is 35.2 Å². The SMILES string of the molecule is Cc1occc1C(=O)NC1C2CCCC1CC(N)C2. The fourth-order valence-corrected chi connectivity index (χ4v) is 3.87. The standard InChI is InChI=1S/C15H22N2O2/c1-9-13(5-6-19-9)15(18)17-14-10-3-2-4-11(14)8-12(16)7-10/h5-6,10-12,14H,2-4,7-8,16H2,1H3,(H,17,18). The second-order valence-corrected chi connectivity index (χ2v) is 6.07. The Hall–Kier alpha value is -1.29. The Morgan fingerprint density at radius 3 is 2.63 bits per heavy atom. The molecule has 1 aromatic heterocycles. The van der Waals surface area contributed by atoms with Gasteiger partial charge in [0.15, 0.2) is 0 Å². The fourth-order valence-electron chi connectivity index (χ4n) is 3.87. The van der Waals surface area contributed by atoms with Gasteiger partial charge in [-0.25, -0.2) is 0 Å². The van der Waals surface area contributed by atoms with Crippen LogP contribution in [-0.2, 0) is 0 Å². The van der Waals surface area contributed by atoms with Gasteiger partial charge in [0.25, 0.3) is 5.91 Å². The van der Waals surface area contributed by atoms with Crippen LogP contribution >= 0.6 is 0 Å². The van der Waals surface area contributed by atoms with E-state index in [9.17, 15) is 4.79 Å². The van der Waals surface area contributed by atoms with Crippen LogP contribution in [0, 0.1) is 18.8 Å². The zero-order valence-electron chi connectivity index (χ0n) is 11.4. The number of nitrogens with two attached hydrogens (primary N) is 1. The number of aryl methyl sites for hydroxylation is 1. The normalized spacial score (nSPS) is 34.0. The van der Waals surface area contributed by atoms with E-state index in [-0.39, 0.29) is 5.91 Å². The Morgan fingerprint density at radius 2 is 2.05 bits per heavy atom. The van der Waals surface area contributed by atoms with Crippen LogP contribution in [0.3, 0.4) is 0 Å². The molecule has 1 amide bonds. The number of hydrogen-bond acceptors (Lipinski definition) is 3. The van der Waals surface area contributed by atoms with Crippen molar-refractivity contribution in [3.8, 4) is 0 Å². The summed E-state index contributed by atoms with van der Waals surface area (Å²) in [5.41, 5.74) is 6.77. The summed E-state index contributed by atoms with van der Waals surface area (Å²) in [4.78, 5) is 12.3. The van der Waals surface area contributed by atoms with Gasteiger partial charge >= 0.3 is 0 Å². The summed E-state index contributed by atoms with van der Waals surface area (Å²) >= 11 is 0. The third-order valence-corrected chi connectivity index (χ3v) is 4.78. The highest BCUT2D eigenvalue weighted by Crippen LogP contribution is 2.39. The van der Waals surface area contributed by atoms with Crippen LogP contribution in [0.15, 0.2) is 16.7 Å². The van der Waals surface area contributed by atoms with Gasteiger partial charge in [0.05, 0.1) is 11.8 Å². The zero-order chi connectivity index (χ0) is 13.4. The molecule has 1 heterocycles. The third-order valence-electron chi connectivity index (χ3n) is 4.78. The topological polar surface area (TPSA) is 68.3 Å². The smallest absolute Gasteiger partial charge is 0.255 e. The highest BCUT2D eigenvalue weighted by molar-refractivity contribution is 5.95. The maximum atomic E-state index is 12.3. The number of hydrogen-bond donors (Lipinski definition) is 2. The molecule has 3 N–H and O–H groups in total. The van der Waals surface area contributed by atoms with Gasteiger partial charge < -0.3 is 15.5 Å². The first-order chi connectivity index (χ1) is 9.15. The molecular weight excluding hydrogens is 240 g/mol. The lowest BCUT2D eigenvalue weighted by Gasteiger charge is -2.45. The molecule has 3 rings (SSSR count). The number of nitrogens with one attached hydrogen (secondary N) is 1. The van der Waals surface area contributed by atoms with Crippen molar-refractivity contribution in [2.24, 2.45) is 17.6 Å². The number of furan rings is 1. The lowest BCUT2D eigenvalue weighted by Crippen LogP contribution is -2.53. The van der Waals surface area contributed by atoms with E-state index in [4.69, 9.17) is 10.2 Å². The molecule has 2 aliphatic rings. The van der Waals surface area contributed by atoms with Gasteiger partial charge in [-0.3, -0.25) is 4.79 Å². The predicted octanol–water partition coefficient (Wildman–Crippen LogP) is 2.22. The number of carbonyl (C=O) groups excluding carboxylic acids is 1. The van der Waals surface area contributed by atoms with Crippen molar-refractivity contribution in [3.05, 3.63) is 23.7 Å². The van der Waals surface area contributed by atoms with Crippen LogP contribution in [0.4, 0.5) is 0 Å². The van der Waals surface area contributed by atoms with Crippen molar-refractivity contribution in [2.75, 3.05) is 0 Å². The average Bonchev–Trinajstić information content (AvgIpc) is 2.76. The fraction of sp³-hybridized carbons (Fsp3) is 0.667. The molecule has 2 saturated carbocycles. The first-order valence-electron chi connectivity index (χ1n) is 7.25. The van der Waals surface area contributed by atoms with Crippen molar-refractivity contribution in [1.82, 2.24) is 5.32 Å². The van der Waals surface area contributed by atoms with Crippen molar-refractivity contribution < 1.29 is 9.21 Å². The molecule has 2 unspecified atom stereocenters. The highest BCUT2D eigenvalue weighted by Gasteiger charge is 2.40. The Bertz CT molecular complexity index is 454. The molecule has 0 spiro atoms. The van der Waals surface area contributed by atoms with Crippen LogP contribution < -0.4 is 11.1 Å². The minimum Gasteiger partial charge on any atom is -0.469 e. The second-order valence-electron chi connectivity index (χ2n) is 6.07. The minimum absolute atomic E-state index is 0.00335. The first kappa shape index (κ1) is 12.7. The van der Waals surface area contributed by atoms with E-state index in [1.807, 2.05) is 6.92 Å². The maximum Gasteiger partial charge on any atom is 0.255 e. The summed E-state index contributed by atoms with van der Waals surface area (Å²) in [6.07, 6.45) is 7.33. The van der Waals surface area contributed by atoms with Crippen LogP contribution in [0.5, 0.6) is 0 Å². The van der Waals surface area contributed by atoms with Crippen molar-refractivity contribution in [3.63, 3.8) is 0 Å². The Balaban J connectivity index is 1.72. The number of carbonyl (C=O) groups is 1. The predicted molar refractivity (Wildman–Crippen MR) is 72.7 cm³/mol. The van der Waals surface area contributed by atoms with Gasteiger partial charge in [-0.2, -0.15) is 0 Å². The van der Waals surface area contributed by atoms with E-state index in [2.05, 4.69) is 5.32 Å². The van der Waals surface area contributed by atoms with Gasteiger partial charge in [0, 0.05) is 12.1 Å². The number of rotatable bonds is 2. The summed E-state index contributed by atoms with van der Waals surface area (Å²) in [6, 6.07) is 2.36. The third kappa shape index (κ3) is 2.41. The molecular formula is C15H22N2O2. The van der Waals surface area contributed by atoms with Gasteiger partial charge in [0.1, 0.15) is 5.76 Å². The summed E-state index contributed by atoms with van der Waals surface area (Å²) < 4.78 is 5.21. The molecule has 19 heavy (non-hydrogen) atoms.